The monoisotopic (exact) mass is 201 g/mol. The molecule has 0 aliphatic rings. The molecule has 2 nitrogen and oxygen atoms in total. The van der Waals surface area contributed by atoms with Gasteiger partial charge in [-0.05, 0) is 29.8 Å². The zero-order chi connectivity index (χ0) is 9.97. The molecule has 0 bridgehead atoms. The number of rotatable bonds is 1. The lowest BCUT2D eigenvalue weighted by molar-refractivity contribution is 0.475. The number of benzene rings is 1. The van der Waals surface area contributed by atoms with Crippen LogP contribution in [0.4, 0.5) is 0 Å². The molecule has 3 heteroatoms. The maximum atomic E-state index is 9.28. The van der Waals surface area contributed by atoms with E-state index >= 15 is 0 Å². The molecule has 0 amide bonds. The molecule has 2 aromatic rings. The normalized spacial score (nSPS) is 9.64. The molecular formula is C11H7NOS. The van der Waals surface area contributed by atoms with Gasteiger partial charge in [0.25, 0.3) is 0 Å². The van der Waals surface area contributed by atoms with Gasteiger partial charge in [0.2, 0.25) is 0 Å². The summed E-state index contributed by atoms with van der Waals surface area (Å²) < 4.78 is 0. The van der Waals surface area contributed by atoms with E-state index in [1.807, 2.05) is 12.1 Å². The van der Waals surface area contributed by atoms with Gasteiger partial charge >= 0.3 is 0 Å². The van der Waals surface area contributed by atoms with Crippen LogP contribution in [0, 0.1) is 11.3 Å². The standard InChI is InChI=1S/C11H7NOS/c12-7-10-4-5-11(14-10)8-2-1-3-9(13)6-8/h1-6,13H. The highest BCUT2D eigenvalue weighted by Crippen LogP contribution is 2.29. The molecule has 0 aliphatic carbocycles. The summed E-state index contributed by atoms with van der Waals surface area (Å²) in [6, 6.07) is 12.8. The van der Waals surface area contributed by atoms with Gasteiger partial charge < -0.3 is 5.11 Å². The van der Waals surface area contributed by atoms with Gasteiger partial charge in [-0.15, -0.1) is 11.3 Å². The fraction of sp³-hybridized carbons (Fsp3) is 0. The van der Waals surface area contributed by atoms with Crippen molar-refractivity contribution in [3.8, 4) is 22.3 Å². The number of nitrogens with zero attached hydrogens (tertiary/aromatic N) is 1. The first-order valence-electron chi connectivity index (χ1n) is 4.09. The van der Waals surface area contributed by atoms with Gasteiger partial charge in [-0.1, -0.05) is 12.1 Å². The number of nitriles is 1. The molecule has 0 saturated carbocycles. The second-order valence-electron chi connectivity index (χ2n) is 2.83. The van der Waals surface area contributed by atoms with Crippen molar-refractivity contribution < 1.29 is 5.11 Å². The van der Waals surface area contributed by atoms with Crippen molar-refractivity contribution in [3.63, 3.8) is 0 Å². The molecule has 1 aromatic carbocycles. The molecule has 2 rings (SSSR count). The first-order chi connectivity index (χ1) is 6.79. The highest BCUT2D eigenvalue weighted by Gasteiger charge is 2.02. The fourth-order valence-electron chi connectivity index (χ4n) is 1.21. The van der Waals surface area contributed by atoms with Crippen LogP contribution in [0.3, 0.4) is 0 Å². The molecule has 0 spiro atoms. The Morgan fingerprint density at radius 3 is 2.71 bits per heavy atom. The average molecular weight is 201 g/mol. The SMILES string of the molecule is N#Cc1ccc(-c2cccc(O)c2)s1. The molecule has 0 radical (unpaired) electrons. The van der Waals surface area contributed by atoms with Crippen molar-refractivity contribution in [2.75, 3.05) is 0 Å². The number of phenolic OH excluding ortho intramolecular Hbond substituents is 1. The molecular weight excluding hydrogens is 194 g/mol. The van der Waals surface area contributed by atoms with Crippen LogP contribution >= 0.6 is 11.3 Å². The number of hydrogen-bond donors (Lipinski definition) is 1. The summed E-state index contributed by atoms with van der Waals surface area (Å²) >= 11 is 1.42. The fourth-order valence-corrected chi connectivity index (χ4v) is 2.01. The van der Waals surface area contributed by atoms with Crippen molar-refractivity contribution >= 4 is 11.3 Å². The van der Waals surface area contributed by atoms with E-state index in [1.54, 1.807) is 24.3 Å². The Balaban J connectivity index is 2.45. The second-order valence-corrected chi connectivity index (χ2v) is 3.91. The van der Waals surface area contributed by atoms with E-state index < -0.39 is 0 Å². The Hall–Kier alpha value is -1.79. The lowest BCUT2D eigenvalue weighted by Gasteiger charge is -1.96. The summed E-state index contributed by atoms with van der Waals surface area (Å²) in [5.74, 6) is 0.245. The summed E-state index contributed by atoms with van der Waals surface area (Å²) in [5.41, 5.74) is 0.941. The quantitative estimate of drug-likeness (QED) is 0.770. The molecule has 1 aromatic heterocycles. The Bertz CT molecular complexity index is 496. The van der Waals surface area contributed by atoms with E-state index in [4.69, 9.17) is 5.26 Å². The lowest BCUT2D eigenvalue weighted by atomic mass is 10.2. The lowest BCUT2D eigenvalue weighted by Crippen LogP contribution is -1.70. The summed E-state index contributed by atoms with van der Waals surface area (Å²) in [4.78, 5) is 1.68. The van der Waals surface area contributed by atoms with Gasteiger partial charge in [-0.3, -0.25) is 0 Å². The van der Waals surface area contributed by atoms with E-state index in [1.165, 1.54) is 11.3 Å². The minimum absolute atomic E-state index is 0.245. The zero-order valence-electron chi connectivity index (χ0n) is 7.27. The minimum Gasteiger partial charge on any atom is -0.508 e. The van der Waals surface area contributed by atoms with Crippen molar-refractivity contribution in [2.24, 2.45) is 0 Å². The van der Waals surface area contributed by atoms with Crippen molar-refractivity contribution in [2.45, 2.75) is 0 Å². The smallest absolute Gasteiger partial charge is 0.116 e. The zero-order valence-corrected chi connectivity index (χ0v) is 8.08. The summed E-state index contributed by atoms with van der Waals surface area (Å²) in [7, 11) is 0. The molecule has 68 valence electrons. The summed E-state index contributed by atoms with van der Waals surface area (Å²) in [6.07, 6.45) is 0. The van der Waals surface area contributed by atoms with Gasteiger partial charge in [0.05, 0.1) is 0 Å². The largest absolute Gasteiger partial charge is 0.508 e. The Morgan fingerprint density at radius 1 is 1.21 bits per heavy atom. The minimum atomic E-state index is 0.245. The molecule has 1 heterocycles. The first kappa shape index (κ1) is 8.79. The highest BCUT2D eigenvalue weighted by atomic mass is 32.1. The molecule has 14 heavy (non-hydrogen) atoms. The van der Waals surface area contributed by atoms with Crippen LogP contribution < -0.4 is 0 Å². The van der Waals surface area contributed by atoms with Crippen LogP contribution in [0.5, 0.6) is 5.75 Å². The van der Waals surface area contributed by atoms with E-state index in [0.717, 1.165) is 10.4 Å². The molecule has 0 fully saturated rings. The Kier molecular flexibility index (Phi) is 2.21. The van der Waals surface area contributed by atoms with E-state index in [2.05, 4.69) is 6.07 Å². The second kappa shape index (κ2) is 3.52. The van der Waals surface area contributed by atoms with Crippen LogP contribution in [0.1, 0.15) is 4.88 Å². The van der Waals surface area contributed by atoms with Crippen molar-refractivity contribution in [1.82, 2.24) is 0 Å². The predicted molar refractivity (Wildman–Crippen MR) is 56.1 cm³/mol. The first-order valence-corrected chi connectivity index (χ1v) is 4.90. The third-order valence-corrected chi connectivity index (χ3v) is 2.89. The third-order valence-electron chi connectivity index (χ3n) is 1.85. The van der Waals surface area contributed by atoms with Gasteiger partial charge in [-0.25, -0.2) is 0 Å². The topological polar surface area (TPSA) is 44.0 Å². The van der Waals surface area contributed by atoms with Crippen LogP contribution in [0.15, 0.2) is 36.4 Å². The molecule has 0 unspecified atom stereocenters. The van der Waals surface area contributed by atoms with Crippen LogP contribution in [0.2, 0.25) is 0 Å². The Labute approximate surface area is 85.7 Å². The molecule has 1 N–H and O–H groups in total. The summed E-state index contributed by atoms with van der Waals surface area (Å²) in [6.45, 7) is 0. The third kappa shape index (κ3) is 1.61. The van der Waals surface area contributed by atoms with Crippen LogP contribution in [-0.4, -0.2) is 5.11 Å². The predicted octanol–water partition coefficient (Wildman–Crippen LogP) is 2.99. The van der Waals surface area contributed by atoms with E-state index in [0.29, 0.717) is 4.88 Å². The number of phenols is 1. The van der Waals surface area contributed by atoms with E-state index in [9.17, 15) is 5.11 Å². The van der Waals surface area contributed by atoms with Crippen LogP contribution in [-0.2, 0) is 0 Å². The van der Waals surface area contributed by atoms with E-state index in [-0.39, 0.29) is 5.75 Å². The number of thiophene rings is 1. The average Bonchev–Trinajstić information content (AvgIpc) is 2.66. The van der Waals surface area contributed by atoms with Gasteiger partial charge in [-0.2, -0.15) is 5.26 Å². The maximum absolute atomic E-state index is 9.28. The van der Waals surface area contributed by atoms with Gasteiger partial charge in [0.15, 0.2) is 0 Å². The van der Waals surface area contributed by atoms with Crippen LogP contribution in [0.25, 0.3) is 10.4 Å². The maximum Gasteiger partial charge on any atom is 0.116 e. The van der Waals surface area contributed by atoms with Crippen molar-refractivity contribution in [1.29, 1.82) is 5.26 Å². The van der Waals surface area contributed by atoms with Gasteiger partial charge in [0.1, 0.15) is 16.7 Å². The molecule has 0 saturated heterocycles. The summed E-state index contributed by atoms with van der Waals surface area (Å²) in [5, 5.41) is 17.9. The number of hydrogen-bond acceptors (Lipinski definition) is 3. The molecule has 0 aliphatic heterocycles. The molecule has 0 atom stereocenters. The Morgan fingerprint density at radius 2 is 2.07 bits per heavy atom. The number of aromatic hydroxyl groups is 1. The highest BCUT2D eigenvalue weighted by molar-refractivity contribution is 7.16. The van der Waals surface area contributed by atoms with Crippen molar-refractivity contribution in [3.05, 3.63) is 41.3 Å². The van der Waals surface area contributed by atoms with Gasteiger partial charge in [0, 0.05) is 4.88 Å².